The molecule has 1 fully saturated rings. The number of nitrogens with one attached hydrogen (secondary N) is 1. The van der Waals surface area contributed by atoms with Gasteiger partial charge in [0.25, 0.3) is 5.91 Å². The predicted molar refractivity (Wildman–Crippen MR) is 110 cm³/mol. The van der Waals surface area contributed by atoms with Crippen LogP contribution in [-0.4, -0.2) is 28.0 Å². The van der Waals surface area contributed by atoms with E-state index in [4.69, 9.17) is 10.5 Å². The van der Waals surface area contributed by atoms with Gasteiger partial charge in [-0.2, -0.15) is 0 Å². The van der Waals surface area contributed by atoms with E-state index in [-0.39, 0.29) is 34.5 Å². The van der Waals surface area contributed by atoms with Crippen LogP contribution in [0.2, 0.25) is 0 Å². The van der Waals surface area contributed by atoms with Gasteiger partial charge in [0, 0.05) is 23.2 Å². The molecule has 0 spiro atoms. The zero-order valence-corrected chi connectivity index (χ0v) is 17.0. The highest BCUT2D eigenvalue weighted by atomic mass is 32.1. The fraction of sp³-hybridized carbons (Fsp3) is 0.286. The van der Waals surface area contributed by atoms with Gasteiger partial charge in [-0.05, 0) is 38.0 Å². The monoisotopic (exact) mass is 430 g/mol. The predicted octanol–water partition coefficient (Wildman–Crippen LogP) is 4.30. The van der Waals surface area contributed by atoms with Crippen LogP contribution in [0.1, 0.15) is 41.9 Å². The normalized spacial score (nSPS) is 21.4. The topological polar surface area (TPSA) is 90.1 Å². The number of hydrogen-bond donors (Lipinski definition) is 2. The van der Waals surface area contributed by atoms with E-state index >= 15 is 0 Å². The fourth-order valence-electron chi connectivity index (χ4n) is 3.56. The van der Waals surface area contributed by atoms with Crippen molar-refractivity contribution in [1.82, 2.24) is 9.97 Å². The molecular formula is C21H20F2N4O2S. The van der Waals surface area contributed by atoms with E-state index in [1.165, 1.54) is 17.6 Å². The molecule has 4 rings (SSSR count). The minimum absolute atomic E-state index is 0.00670. The SMILES string of the molecule is C[C@@H]1C[C@@H](N)C[C@H](c2ccncc2NC(=O)c2csc(-c3c(F)cccc3F)n2)O1. The van der Waals surface area contributed by atoms with E-state index < -0.39 is 17.5 Å². The first-order valence-corrected chi connectivity index (χ1v) is 10.4. The van der Waals surface area contributed by atoms with Crippen molar-refractivity contribution in [3.8, 4) is 10.6 Å². The molecule has 1 saturated heterocycles. The summed E-state index contributed by atoms with van der Waals surface area (Å²) in [6, 6.07) is 5.37. The maximum atomic E-state index is 14.0. The first-order valence-electron chi connectivity index (χ1n) is 9.48. The standard InChI is InChI=1S/C21H20F2N4O2S/c1-11-7-12(24)8-18(29-11)13-5-6-25-9-16(13)26-20(28)17-10-30-21(27-17)19-14(22)3-2-4-15(19)23/h2-6,9-12,18H,7-8,24H2,1H3,(H,26,28)/t11-,12-,18-/m1/s1. The molecule has 0 radical (unpaired) electrons. The maximum Gasteiger partial charge on any atom is 0.275 e. The molecule has 156 valence electrons. The first-order chi connectivity index (χ1) is 14.4. The van der Waals surface area contributed by atoms with Crippen molar-refractivity contribution >= 4 is 22.9 Å². The number of rotatable bonds is 4. The van der Waals surface area contributed by atoms with Gasteiger partial charge in [-0.1, -0.05) is 6.07 Å². The van der Waals surface area contributed by atoms with Crippen LogP contribution < -0.4 is 11.1 Å². The molecule has 0 aliphatic carbocycles. The molecule has 6 nitrogen and oxygen atoms in total. The minimum Gasteiger partial charge on any atom is -0.370 e. The van der Waals surface area contributed by atoms with Gasteiger partial charge in [-0.25, -0.2) is 13.8 Å². The average Bonchev–Trinajstić information content (AvgIpc) is 3.17. The van der Waals surface area contributed by atoms with Crippen molar-refractivity contribution in [2.45, 2.75) is 38.0 Å². The van der Waals surface area contributed by atoms with Gasteiger partial charge in [-0.3, -0.25) is 9.78 Å². The molecule has 0 saturated carbocycles. The van der Waals surface area contributed by atoms with E-state index in [0.717, 1.165) is 35.5 Å². The van der Waals surface area contributed by atoms with E-state index in [1.807, 2.05) is 6.92 Å². The number of carbonyl (C=O) groups is 1. The third-order valence-electron chi connectivity index (χ3n) is 4.91. The van der Waals surface area contributed by atoms with Gasteiger partial charge in [0.05, 0.1) is 29.7 Å². The van der Waals surface area contributed by atoms with Crippen molar-refractivity contribution < 1.29 is 18.3 Å². The number of hydrogen-bond acceptors (Lipinski definition) is 6. The second kappa shape index (κ2) is 8.55. The maximum absolute atomic E-state index is 14.0. The second-order valence-electron chi connectivity index (χ2n) is 7.22. The van der Waals surface area contributed by atoms with Crippen molar-refractivity contribution in [3.05, 3.63) is 64.9 Å². The molecule has 2 aromatic heterocycles. The first kappa shape index (κ1) is 20.5. The Hall–Kier alpha value is -2.75. The lowest BCUT2D eigenvalue weighted by molar-refractivity contribution is -0.0483. The number of halogens is 2. The summed E-state index contributed by atoms with van der Waals surface area (Å²) < 4.78 is 34.0. The number of thiazole rings is 1. The summed E-state index contributed by atoms with van der Waals surface area (Å²) in [5.74, 6) is -1.96. The summed E-state index contributed by atoms with van der Waals surface area (Å²) >= 11 is 0.994. The van der Waals surface area contributed by atoms with Crippen LogP contribution in [0.25, 0.3) is 10.6 Å². The Morgan fingerprint density at radius 3 is 2.77 bits per heavy atom. The lowest BCUT2D eigenvalue weighted by Crippen LogP contribution is -2.35. The van der Waals surface area contributed by atoms with Crippen LogP contribution in [0.15, 0.2) is 42.0 Å². The van der Waals surface area contributed by atoms with Crippen molar-refractivity contribution in [3.63, 3.8) is 0 Å². The molecule has 3 N–H and O–H groups in total. The third-order valence-corrected chi connectivity index (χ3v) is 5.77. The van der Waals surface area contributed by atoms with Gasteiger partial charge in [-0.15, -0.1) is 11.3 Å². The lowest BCUT2D eigenvalue weighted by atomic mass is 9.95. The molecule has 3 aromatic rings. The largest absolute Gasteiger partial charge is 0.370 e. The highest BCUT2D eigenvalue weighted by Gasteiger charge is 2.28. The number of pyridine rings is 1. The zero-order chi connectivity index (χ0) is 21.3. The summed E-state index contributed by atoms with van der Waals surface area (Å²) in [5, 5.41) is 4.34. The molecule has 1 aromatic carbocycles. The molecule has 3 heterocycles. The summed E-state index contributed by atoms with van der Waals surface area (Å²) in [5.41, 5.74) is 7.19. The van der Waals surface area contributed by atoms with Crippen LogP contribution in [0.3, 0.4) is 0 Å². The van der Waals surface area contributed by atoms with Crippen molar-refractivity contribution in [2.24, 2.45) is 5.73 Å². The molecule has 0 unspecified atom stereocenters. The van der Waals surface area contributed by atoms with E-state index in [0.29, 0.717) is 12.1 Å². The number of anilines is 1. The molecule has 0 bridgehead atoms. The molecule has 9 heteroatoms. The van der Waals surface area contributed by atoms with E-state index in [9.17, 15) is 13.6 Å². The number of amides is 1. The van der Waals surface area contributed by atoms with Gasteiger partial charge in [0.1, 0.15) is 22.3 Å². The quantitative estimate of drug-likeness (QED) is 0.644. The van der Waals surface area contributed by atoms with Gasteiger partial charge in [0.2, 0.25) is 0 Å². The Morgan fingerprint density at radius 1 is 1.27 bits per heavy atom. The summed E-state index contributed by atoms with van der Waals surface area (Å²) in [6.45, 7) is 1.96. The van der Waals surface area contributed by atoms with Crippen molar-refractivity contribution in [2.75, 3.05) is 5.32 Å². The smallest absolute Gasteiger partial charge is 0.275 e. The van der Waals surface area contributed by atoms with Crippen LogP contribution in [0.5, 0.6) is 0 Å². The van der Waals surface area contributed by atoms with Crippen LogP contribution in [-0.2, 0) is 4.74 Å². The number of carbonyl (C=O) groups excluding carboxylic acids is 1. The Morgan fingerprint density at radius 2 is 2.03 bits per heavy atom. The highest BCUT2D eigenvalue weighted by Crippen LogP contribution is 2.35. The molecule has 1 aliphatic heterocycles. The number of aromatic nitrogens is 2. The van der Waals surface area contributed by atoms with E-state index in [1.54, 1.807) is 12.3 Å². The third kappa shape index (κ3) is 4.23. The van der Waals surface area contributed by atoms with Crippen LogP contribution in [0.4, 0.5) is 14.5 Å². The number of nitrogens with zero attached hydrogens (tertiary/aromatic N) is 2. The molecule has 3 atom stereocenters. The number of benzene rings is 1. The molecule has 1 aliphatic rings. The van der Waals surface area contributed by atoms with E-state index in [2.05, 4.69) is 15.3 Å². The Kier molecular flexibility index (Phi) is 5.85. The lowest BCUT2D eigenvalue weighted by Gasteiger charge is -2.33. The minimum atomic E-state index is -0.731. The number of ether oxygens (including phenoxy) is 1. The summed E-state index contributed by atoms with van der Waals surface area (Å²) in [4.78, 5) is 20.9. The Labute approximate surface area is 176 Å². The number of nitrogens with two attached hydrogens (primary N) is 1. The average molecular weight is 430 g/mol. The molecular weight excluding hydrogens is 410 g/mol. The molecule has 30 heavy (non-hydrogen) atoms. The summed E-state index contributed by atoms with van der Waals surface area (Å²) in [6.07, 6.45) is 4.31. The summed E-state index contributed by atoms with van der Waals surface area (Å²) in [7, 11) is 0. The molecule has 1 amide bonds. The van der Waals surface area contributed by atoms with Crippen LogP contribution in [0, 0.1) is 11.6 Å². The van der Waals surface area contributed by atoms with Crippen LogP contribution >= 0.6 is 11.3 Å². The Balaban J connectivity index is 1.57. The van der Waals surface area contributed by atoms with Gasteiger partial charge in [0.15, 0.2) is 0 Å². The van der Waals surface area contributed by atoms with Crippen molar-refractivity contribution in [1.29, 1.82) is 0 Å². The van der Waals surface area contributed by atoms with Gasteiger partial charge < -0.3 is 15.8 Å². The highest BCUT2D eigenvalue weighted by molar-refractivity contribution is 7.13. The fourth-order valence-corrected chi connectivity index (χ4v) is 4.41. The van der Waals surface area contributed by atoms with Gasteiger partial charge >= 0.3 is 0 Å². The second-order valence-corrected chi connectivity index (χ2v) is 8.08. The zero-order valence-electron chi connectivity index (χ0n) is 16.1. The Bertz CT molecular complexity index is 1040.